The second-order valence-corrected chi connectivity index (χ2v) is 5.17. The maximum atomic E-state index is 12.1. The molecule has 0 spiro atoms. The van der Waals surface area contributed by atoms with Gasteiger partial charge in [-0.05, 0) is 52.9 Å². The molecule has 0 saturated carbocycles. The van der Waals surface area contributed by atoms with Crippen molar-refractivity contribution in [2.45, 2.75) is 0 Å². The van der Waals surface area contributed by atoms with Crippen LogP contribution in [0.25, 0.3) is 0 Å². The lowest BCUT2D eigenvalue weighted by molar-refractivity contribution is 0.102. The van der Waals surface area contributed by atoms with Crippen LogP contribution in [-0.4, -0.2) is 11.9 Å². The van der Waals surface area contributed by atoms with Crippen molar-refractivity contribution in [3.63, 3.8) is 0 Å². The molecule has 0 fully saturated rings. The lowest BCUT2D eigenvalue weighted by Gasteiger charge is -2.08. The molecule has 2 rings (SSSR count). The van der Waals surface area contributed by atoms with E-state index in [1.807, 2.05) is 18.2 Å². The molecule has 102 valence electrons. The molecular weight excluding hydrogens is 369 g/mol. The lowest BCUT2D eigenvalue weighted by atomic mass is 10.2. The summed E-state index contributed by atoms with van der Waals surface area (Å²) < 4.78 is 0.869. The number of carbonyl (C=O) groups is 2. The number of benzene rings is 2. The number of urea groups is 1. The van der Waals surface area contributed by atoms with Crippen LogP contribution in [0.4, 0.5) is 16.2 Å². The Morgan fingerprint density at radius 1 is 0.950 bits per heavy atom. The van der Waals surface area contributed by atoms with Crippen LogP contribution in [-0.2, 0) is 0 Å². The number of primary amides is 1. The molecule has 5 nitrogen and oxygen atoms in total. The zero-order valence-corrected chi connectivity index (χ0v) is 12.5. The summed E-state index contributed by atoms with van der Waals surface area (Å²) in [6.45, 7) is 0. The monoisotopic (exact) mass is 381 g/mol. The lowest BCUT2D eigenvalue weighted by Crippen LogP contribution is -2.19. The summed E-state index contributed by atoms with van der Waals surface area (Å²) in [7, 11) is 0. The normalized spacial score (nSPS) is 9.85. The molecule has 4 N–H and O–H groups in total. The van der Waals surface area contributed by atoms with Gasteiger partial charge in [0.1, 0.15) is 0 Å². The smallest absolute Gasteiger partial charge is 0.316 e. The van der Waals surface area contributed by atoms with Crippen molar-refractivity contribution in [1.29, 1.82) is 0 Å². The van der Waals surface area contributed by atoms with Crippen LogP contribution in [0.1, 0.15) is 10.4 Å². The van der Waals surface area contributed by atoms with E-state index >= 15 is 0 Å². The molecular formula is C14H12IN3O2. The number of carbonyl (C=O) groups excluding carboxylic acids is 2. The summed E-state index contributed by atoms with van der Waals surface area (Å²) in [5.41, 5.74) is 6.76. The minimum absolute atomic E-state index is 0.203. The van der Waals surface area contributed by atoms with Crippen molar-refractivity contribution in [3.05, 3.63) is 57.7 Å². The van der Waals surface area contributed by atoms with E-state index in [4.69, 9.17) is 5.73 Å². The number of hydrogen-bond acceptors (Lipinski definition) is 2. The highest BCUT2D eigenvalue weighted by molar-refractivity contribution is 14.1. The first-order valence-electron chi connectivity index (χ1n) is 5.78. The quantitative estimate of drug-likeness (QED) is 0.715. The summed E-state index contributed by atoms with van der Waals surface area (Å²) in [6.07, 6.45) is 0. The van der Waals surface area contributed by atoms with Gasteiger partial charge in [-0.25, -0.2) is 4.79 Å². The third-order valence-electron chi connectivity index (χ3n) is 2.51. The number of nitrogens with two attached hydrogens (primary N) is 1. The number of hydrogen-bond donors (Lipinski definition) is 3. The van der Waals surface area contributed by atoms with Crippen molar-refractivity contribution in [1.82, 2.24) is 0 Å². The third kappa shape index (κ3) is 3.70. The fraction of sp³-hybridized carbons (Fsp3) is 0. The standard InChI is InChI=1S/C14H12IN3O2/c15-12-7-2-1-6-11(12)13(19)17-9-4-3-5-10(8-9)18-14(16)20/h1-8H,(H,17,19)(H3,16,18,20). The molecule has 6 heteroatoms. The summed E-state index contributed by atoms with van der Waals surface area (Å²) in [6, 6.07) is 13.4. The Balaban J connectivity index is 2.16. The molecule has 0 saturated heterocycles. The SMILES string of the molecule is NC(=O)Nc1cccc(NC(=O)c2ccccc2I)c1. The highest BCUT2D eigenvalue weighted by atomic mass is 127. The zero-order chi connectivity index (χ0) is 14.5. The molecule has 3 amide bonds. The Labute approximate surface area is 129 Å². The van der Waals surface area contributed by atoms with Crippen LogP contribution < -0.4 is 16.4 Å². The average molecular weight is 381 g/mol. The first-order chi connectivity index (χ1) is 9.56. The van der Waals surface area contributed by atoms with Gasteiger partial charge in [0.25, 0.3) is 5.91 Å². The van der Waals surface area contributed by atoms with Crippen molar-refractivity contribution in [2.75, 3.05) is 10.6 Å². The predicted molar refractivity (Wildman–Crippen MR) is 86.8 cm³/mol. The van der Waals surface area contributed by atoms with Gasteiger partial charge in [0.2, 0.25) is 0 Å². The second-order valence-electron chi connectivity index (χ2n) is 4.00. The highest BCUT2D eigenvalue weighted by Gasteiger charge is 2.09. The van der Waals surface area contributed by atoms with Crippen molar-refractivity contribution in [2.24, 2.45) is 5.73 Å². The number of nitrogens with one attached hydrogen (secondary N) is 2. The van der Waals surface area contributed by atoms with Gasteiger partial charge >= 0.3 is 6.03 Å². The minimum Gasteiger partial charge on any atom is -0.351 e. The van der Waals surface area contributed by atoms with E-state index in [2.05, 4.69) is 33.2 Å². The molecule has 0 aliphatic rings. The number of rotatable bonds is 3. The summed E-state index contributed by atoms with van der Waals surface area (Å²) in [4.78, 5) is 22.9. The van der Waals surface area contributed by atoms with E-state index in [9.17, 15) is 9.59 Å². The maximum absolute atomic E-state index is 12.1. The van der Waals surface area contributed by atoms with Gasteiger partial charge in [-0.1, -0.05) is 18.2 Å². The van der Waals surface area contributed by atoms with Crippen LogP contribution >= 0.6 is 22.6 Å². The van der Waals surface area contributed by atoms with Crippen LogP contribution in [0.3, 0.4) is 0 Å². The largest absolute Gasteiger partial charge is 0.351 e. The summed E-state index contributed by atoms with van der Waals surface area (Å²) in [5.74, 6) is -0.203. The predicted octanol–water partition coefficient (Wildman–Crippen LogP) is 3.03. The van der Waals surface area contributed by atoms with Crippen molar-refractivity contribution in [3.8, 4) is 0 Å². The van der Waals surface area contributed by atoms with E-state index in [-0.39, 0.29) is 5.91 Å². The molecule has 0 atom stereocenters. The molecule has 0 aliphatic carbocycles. The second kappa shape index (κ2) is 6.38. The number of halogens is 1. The first kappa shape index (κ1) is 14.3. The number of anilines is 2. The molecule has 2 aromatic rings. The Morgan fingerprint density at radius 2 is 1.60 bits per heavy atom. The van der Waals surface area contributed by atoms with Gasteiger partial charge in [-0.3, -0.25) is 4.79 Å². The topological polar surface area (TPSA) is 84.2 Å². The molecule has 0 heterocycles. The summed E-state index contributed by atoms with van der Waals surface area (Å²) in [5, 5.41) is 5.23. The molecule has 0 aliphatic heterocycles. The zero-order valence-electron chi connectivity index (χ0n) is 10.4. The van der Waals surface area contributed by atoms with E-state index in [0.29, 0.717) is 16.9 Å². The van der Waals surface area contributed by atoms with Gasteiger partial charge < -0.3 is 16.4 Å². The molecule has 0 aromatic heterocycles. The fourth-order valence-electron chi connectivity index (χ4n) is 1.66. The Morgan fingerprint density at radius 3 is 2.25 bits per heavy atom. The Hall–Kier alpha value is -2.09. The van der Waals surface area contributed by atoms with E-state index in [1.54, 1.807) is 30.3 Å². The van der Waals surface area contributed by atoms with Gasteiger partial charge in [0.15, 0.2) is 0 Å². The minimum atomic E-state index is -0.647. The molecule has 2 aromatic carbocycles. The average Bonchev–Trinajstić information content (AvgIpc) is 2.38. The van der Waals surface area contributed by atoms with E-state index in [0.717, 1.165) is 3.57 Å². The van der Waals surface area contributed by atoms with Crippen LogP contribution in [0.15, 0.2) is 48.5 Å². The van der Waals surface area contributed by atoms with Gasteiger partial charge in [0, 0.05) is 14.9 Å². The Bertz CT molecular complexity index is 658. The number of amides is 3. The Kier molecular flexibility index (Phi) is 4.57. The van der Waals surface area contributed by atoms with Crippen molar-refractivity contribution >= 4 is 45.9 Å². The first-order valence-corrected chi connectivity index (χ1v) is 6.86. The van der Waals surface area contributed by atoms with Crippen LogP contribution in [0.5, 0.6) is 0 Å². The van der Waals surface area contributed by atoms with Crippen LogP contribution in [0.2, 0.25) is 0 Å². The highest BCUT2D eigenvalue weighted by Crippen LogP contribution is 2.17. The summed E-state index contributed by atoms with van der Waals surface area (Å²) >= 11 is 2.11. The van der Waals surface area contributed by atoms with Gasteiger partial charge in [-0.2, -0.15) is 0 Å². The molecule has 0 unspecified atom stereocenters. The molecule has 0 bridgehead atoms. The van der Waals surface area contributed by atoms with Gasteiger partial charge in [-0.15, -0.1) is 0 Å². The van der Waals surface area contributed by atoms with Gasteiger partial charge in [0.05, 0.1) is 5.56 Å². The van der Waals surface area contributed by atoms with Crippen molar-refractivity contribution < 1.29 is 9.59 Å². The third-order valence-corrected chi connectivity index (χ3v) is 3.45. The van der Waals surface area contributed by atoms with E-state index in [1.165, 1.54) is 0 Å². The fourth-order valence-corrected chi connectivity index (χ4v) is 2.29. The molecule has 0 radical (unpaired) electrons. The molecule has 20 heavy (non-hydrogen) atoms. The van der Waals surface area contributed by atoms with Crippen LogP contribution in [0, 0.1) is 3.57 Å². The van der Waals surface area contributed by atoms with E-state index < -0.39 is 6.03 Å². The maximum Gasteiger partial charge on any atom is 0.316 e.